The lowest BCUT2D eigenvalue weighted by Gasteiger charge is -2.31. The smallest absolute Gasteiger partial charge is 0.249 e. The maximum Gasteiger partial charge on any atom is 0.249 e. The van der Waals surface area contributed by atoms with Gasteiger partial charge in [0.1, 0.15) is 0 Å². The molecule has 1 unspecified atom stereocenters. The Kier molecular flexibility index (Phi) is 7.60. The molecule has 0 saturated heterocycles. The van der Waals surface area contributed by atoms with Crippen molar-refractivity contribution in [1.82, 2.24) is 0 Å². The fraction of sp³-hybridized carbons (Fsp3) is 0.875. The van der Waals surface area contributed by atoms with Crippen molar-refractivity contribution in [1.29, 1.82) is 0 Å². The summed E-state index contributed by atoms with van der Waals surface area (Å²) in [6, 6.07) is 1.16. The van der Waals surface area contributed by atoms with Crippen LogP contribution < -0.4 is 0 Å². The second kappa shape index (κ2) is 7.69. The van der Waals surface area contributed by atoms with Crippen molar-refractivity contribution in [3.05, 3.63) is 12.0 Å². The average molecular weight is 317 g/mol. The summed E-state index contributed by atoms with van der Waals surface area (Å²) in [5.74, 6) is 1.91. The van der Waals surface area contributed by atoms with E-state index in [9.17, 15) is 0 Å². The number of hydrogen-bond acceptors (Lipinski definition) is 2. The molecule has 0 aliphatic carbocycles. The summed E-state index contributed by atoms with van der Waals surface area (Å²) in [6.45, 7) is 22.5. The first-order valence-corrected chi connectivity index (χ1v) is 13.8. The Bertz CT molecular complexity index is 315. The van der Waals surface area contributed by atoms with Gasteiger partial charge in [-0.05, 0) is 55.6 Å². The van der Waals surface area contributed by atoms with Gasteiger partial charge in [0.25, 0.3) is 0 Å². The predicted octanol–water partition coefficient (Wildman–Crippen LogP) is 5.39. The second-order valence-corrected chi connectivity index (χ2v) is 14.7. The Morgan fingerprint density at radius 1 is 1.15 bits per heavy atom. The molecule has 4 heteroatoms. The minimum absolute atomic E-state index is 0.236. The third-order valence-electron chi connectivity index (χ3n) is 3.38. The molecule has 0 rings (SSSR count). The first kappa shape index (κ1) is 19.8. The van der Waals surface area contributed by atoms with Gasteiger partial charge in [0, 0.05) is 0 Å². The molecule has 2 nitrogen and oxygen atoms in total. The molecule has 20 heavy (non-hydrogen) atoms. The van der Waals surface area contributed by atoms with E-state index in [1.165, 1.54) is 0 Å². The number of rotatable bonds is 7. The molecule has 0 aromatic rings. The highest BCUT2D eigenvalue weighted by Gasteiger charge is 2.28. The molecule has 0 amide bonds. The van der Waals surface area contributed by atoms with Crippen LogP contribution in [0, 0.1) is 17.3 Å². The van der Waals surface area contributed by atoms with Gasteiger partial charge in [-0.3, -0.25) is 0 Å². The molecular formula is C16H36O2Si2. The minimum atomic E-state index is -1.69. The van der Waals surface area contributed by atoms with E-state index in [4.69, 9.17) is 8.85 Å². The number of hydrogen-bond donors (Lipinski definition) is 0. The van der Waals surface area contributed by atoms with Crippen molar-refractivity contribution in [2.45, 2.75) is 73.8 Å². The highest BCUT2D eigenvalue weighted by atomic mass is 28.4. The highest BCUT2D eigenvalue weighted by molar-refractivity contribution is 6.71. The van der Waals surface area contributed by atoms with Crippen LogP contribution in [-0.4, -0.2) is 17.4 Å². The first-order valence-electron chi connectivity index (χ1n) is 7.91. The standard InChI is InChI=1S/C16H36O2Si2/c1-13(2)12-20(9,10)18-15(17-19(7)8)11-14(3)16(4,5)6/h11,13-14,19H,12H2,1-10H3/b15-11+. The van der Waals surface area contributed by atoms with Gasteiger partial charge in [-0.25, -0.2) is 0 Å². The summed E-state index contributed by atoms with van der Waals surface area (Å²) >= 11 is 0. The van der Waals surface area contributed by atoms with Crippen LogP contribution in [0.3, 0.4) is 0 Å². The van der Waals surface area contributed by atoms with Crippen LogP contribution in [0.2, 0.25) is 32.2 Å². The fourth-order valence-corrected chi connectivity index (χ4v) is 5.48. The van der Waals surface area contributed by atoms with Crippen molar-refractivity contribution in [2.75, 3.05) is 0 Å². The second-order valence-electron chi connectivity index (χ2n) is 8.27. The summed E-state index contributed by atoms with van der Waals surface area (Å²) in [4.78, 5) is 0. The lowest BCUT2D eigenvalue weighted by atomic mass is 9.82. The quantitative estimate of drug-likeness (QED) is 0.463. The van der Waals surface area contributed by atoms with Gasteiger partial charge in [-0.2, -0.15) is 0 Å². The van der Waals surface area contributed by atoms with Gasteiger partial charge >= 0.3 is 0 Å². The molecule has 0 aromatic carbocycles. The molecule has 0 radical (unpaired) electrons. The molecular weight excluding hydrogens is 280 g/mol. The zero-order valence-electron chi connectivity index (χ0n) is 15.3. The predicted molar refractivity (Wildman–Crippen MR) is 94.9 cm³/mol. The summed E-state index contributed by atoms with van der Waals surface area (Å²) in [5.41, 5.74) is 0.236. The van der Waals surface area contributed by atoms with Gasteiger partial charge in [-0.15, -0.1) is 0 Å². The van der Waals surface area contributed by atoms with Crippen molar-refractivity contribution in [2.24, 2.45) is 17.3 Å². The Morgan fingerprint density at radius 3 is 2.00 bits per heavy atom. The topological polar surface area (TPSA) is 18.5 Å². The maximum absolute atomic E-state index is 6.34. The van der Waals surface area contributed by atoms with Gasteiger partial charge in [-0.1, -0.05) is 41.5 Å². The molecule has 0 N–H and O–H groups in total. The largest absolute Gasteiger partial charge is 0.523 e. The minimum Gasteiger partial charge on any atom is -0.523 e. The van der Waals surface area contributed by atoms with Crippen LogP contribution in [0.1, 0.15) is 41.5 Å². The molecule has 120 valence electrons. The molecule has 1 atom stereocenters. The average Bonchev–Trinajstić information content (AvgIpc) is 2.10. The van der Waals surface area contributed by atoms with Crippen LogP contribution in [-0.2, 0) is 8.85 Å². The number of allylic oxidation sites excluding steroid dienone is 1. The van der Waals surface area contributed by atoms with E-state index in [1.807, 2.05) is 0 Å². The Morgan fingerprint density at radius 2 is 1.65 bits per heavy atom. The molecule has 0 aliphatic heterocycles. The van der Waals surface area contributed by atoms with Crippen molar-refractivity contribution >= 4 is 17.4 Å². The normalized spacial score (nSPS) is 15.7. The SMILES string of the molecule is CC(C)C[Si](C)(C)O/C(=C/C(C)C(C)(C)C)O[SiH](C)C. The van der Waals surface area contributed by atoms with Crippen LogP contribution in [0.25, 0.3) is 0 Å². The van der Waals surface area contributed by atoms with E-state index in [0.717, 1.165) is 12.0 Å². The first-order chi connectivity index (χ1) is 8.83. The summed E-state index contributed by atoms with van der Waals surface area (Å²) in [5, 5.41) is 0. The third-order valence-corrected chi connectivity index (χ3v) is 6.64. The molecule has 0 heterocycles. The highest BCUT2D eigenvalue weighted by Crippen LogP contribution is 2.29. The van der Waals surface area contributed by atoms with E-state index >= 15 is 0 Å². The lowest BCUT2D eigenvalue weighted by Crippen LogP contribution is -2.33. The van der Waals surface area contributed by atoms with E-state index in [1.54, 1.807) is 0 Å². The van der Waals surface area contributed by atoms with Crippen molar-refractivity contribution in [3.8, 4) is 0 Å². The van der Waals surface area contributed by atoms with E-state index in [2.05, 4.69) is 73.8 Å². The summed E-state index contributed by atoms with van der Waals surface area (Å²) < 4.78 is 12.4. The molecule has 0 fully saturated rings. The lowest BCUT2D eigenvalue weighted by molar-refractivity contribution is 0.205. The fourth-order valence-electron chi connectivity index (χ4n) is 2.08. The van der Waals surface area contributed by atoms with Crippen LogP contribution in [0.5, 0.6) is 0 Å². The van der Waals surface area contributed by atoms with Crippen LogP contribution >= 0.6 is 0 Å². The Labute approximate surface area is 129 Å². The van der Waals surface area contributed by atoms with Crippen molar-refractivity contribution < 1.29 is 8.85 Å². The molecule has 0 spiro atoms. The molecule has 0 aliphatic rings. The van der Waals surface area contributed by atoms with Crippen LogP contribution in [0.15, 0.2) is 12.0 Å². The van der Waals surface area contributed by atoms with Gasteiger partial charge < -0.3 is 8.85 Å². The summed E-state index contributed by atoms with van der Waals surface area (Å²) in [6.07, 6.45) is 2.20. The molecule has 0 saturated carbocycles. The monoisotopic (exact) mass is 316 g/mol. The zero-order chi connectivity index (χ0) is 16.1. The van der Waals surface area contributed by atoms with Crippen LogP contribution in [0.4, 0.5) is 0 Å². The summed E-state index contributed by atoms with van der Waals surface area (Å²) in [7, 11) is -2.83. The molecule has 0 bridgehead atoms. The van der Waals surface area contributed by atoms with Crippen molar-refractivity contribution in [3.63, 3.8) is 0 Å². The van der Waals surface area contributed by atoms with Gasteiger partial charge in [0.2, 0.25) is 23.3 Å². The zero-order valence-corrected chi connectivity index (χ0v) is 17.5. The Hall–Kier alpha value is -0.226. The maximum atomic E-state index is 6.34. The van der Waals surface area contributed by atoms with Gasteiger partial charge in [0.05, 0.1) is 0 Å². The molecule has 0 aromatic heterocycles. The van der Waals surface area contributed by atoms with E-state index < -0.39 is 17.4 Å². The van der Waals surface area contributed by atoms with E-state index in [0.29, 0.717) is 11.8 Å². The van der Waals surface area contributed by atoms with E-state index in [-0.39, 0.29) is 5.41 Å². The third kappa shape index (κ3) is 8.85. The Balaban J connectivity index is 5.03. The van der Waals surface area contributed by atoms with Gasteiger partial charge in [0.15, 0.2) is 0 Å².